The van der Waals surface area contributed by atoms with Crippen LogP contribution in [-0.4, -0.2) is 56.7 Å². The van der Waals surface area contributed by atoms with Crippen molar-refractivity contribution in [3.63, 3.8) is 0 Å². The van der Waals surface area contributed by atoms with Crippen LogP contribution >= 0.6 is 12.4 Å². The zero-order valence-corrected chi connectivity index (χ0v) is 17.9. The van der Waals surface area contributed by atoms with Gasteiger partial charge >= 0.3 is 0 Å². The fourth-order valence-electron chi connectivity index (χ4n) is 3.43. The van der Waals surface area contributed by atoms with Gasteiger partial charge in [-0.25, -0.2) is 0 Å². The largest absolute Gasteiger partial charge is 0.493 e. The van der Waals surface area contributed by atoms with E-state index in [2.05, 4.69) is 24.1 Å². The Morgan fingerprint density at radius 1 is 1.33 bits per heavy atom. The summed E-state index contributed by atoms with van der Waals surface area (Å²) in [5, 5.41) is 3.05. The van der Waals surface area contributed by atoms with Gasteiger partial charge < -0.3 is 20.5 Å². The van der Waals surface area contributed by atoms with Crippen LogP contribution in [0.2, 0.25) is 0 Å². The number of nitrogens with zero attached hydrogens (tertiary/aromatic N) is 1. The Kier molecular flexibility index (Phi) is 8.85. The number of carbonyl (C=O) groups is 1. The standard InChI is InChI=1S/C20H33N3O3.ClH/c1-14(23-11-9-18(21)20(2,3)13-23)19(24)22-10-8-15-6-7-16(25-4)17(12-15)26-5;/h6-7,12,14,18H,8-11,13,21H2,1-5H3,(H,22,24);1H. The number of amides is 1. The van der Waals surface area contributed by atoms with Crippen LogP contribution in [0.5, 0.6) is 11.5 Å². The highest BCUT2D eigenvalue weighted by Crippen LogP contribution is 2.29. The lowest BCUT2D eigenvalue weighted by atomic mass is 9.79. The number of likely N-dealkylation sites (tertiary alicyclic amines) is 1. The number of hydrogen-bond acceptors (Lipinski definition) is 5. The molecule has 0 radical (unpaired) electrons. The molecule has 1 aromatic carbocycles. The van der Waals surface area contributed by atoms with Crippen LogP contribution in [0.4, 0.5) is 0 Å². The summed E-state index contributed by atoms with van der Waals surface area (Å²) >= 11 is 0. The summed E-state index contributed by atoms with van der Waals surface area (Å²) in [5.74, 6) is 1.48. The van der Waals surface area contributed by atoms with Crippen LogP contribution in [0.1, 0.15) is 32.8 Å². The second-order valence-corrected chi connectivity index (χ2v) is 7.76. The number of ether oxygens (including phenoxy) is 2. The Morgan fingerprint density at radius 2 is 2.00 bits per heavy atom. The summed E-state index contributed by atoms with van der Waals surface area (Å²) in [4.78, 5) is 14.8. The van der Waals surface area contributed by atoms with Crippen molar-refractivity contribution in [3.05, 3.63) is 23.8 Å². The molecule has 1 aromatic rings. The van der Waals surface area contributed by atoms with E-state index in [1.807, 2.05) is 25.1 Å². The monoisotopic (exact) mass is 399 g/mol. The normalized spacial score (nSPS) is 20.3. The molecule has 1 aliphatic heterocycles. The van der Waals surface area contributed by atoms with E-state index in [1.165, 1.54) is 0 Å². The molecule has 154 valence electrons. The van der Waals surface area contributed by atoms with Crippen LogP contribution in [-0.2, 0) is 11.2 Å². The first-order chi connectivity index (χ1) is 12.3. The van der Waals surface area contributed by atoms with Gasteiger partial charge in [-0.1, -0.05) is 19.9 Å². The summed E-state index contributed by atoms with van der Waals surface area (Å²) in [6.07, 6.45) is 1.67. The molecule has 0 bridgehead atoms. The number of nitrogens with one attached hydrogen (secondary N) is 1. The first-order valence-electron chi connectivity index (χ1n) is 9.26. The molecule has 2 unspecified atom stereocenters. The fourth-order valence-corrected chi connectivity index (χ4v) is 3.43. The van der Waals surface area contributed by atoms with Crippen molar-refractivity contribution in [2.45, 2.75) is 45.7 Å². The fraction of sp³-hybridized carbons (Fsp3) is 0.650. The van der Waals surface area contributed by atoms with Crippen LogP contribution in [0.15, 0.2) is 18.2 Å². The predicted molar refractivity (Wildman–Crippen MR) is 111 cm³/mol. The minimum Gasteiger partial charge on any atom is -0.493 e. The molecule has 0 spiro atoms. The highest BCUT2D eigenvalue weighted by Gasteiger charge is 2.36. The highest BCUT2D eigenvalue weighted by atomic mass is 35.5. The molecule has 1 heterocycles. The predicted octanol–water partition coefficient (Wildman–Crippen LogP) is 2.23. The molecule has 1 fully saturated rings. The maximum Gasteiger partial charge on any atom is 0.237 e. The summed E-state index contributed by atoms with van der Waals surface area (Å²) in [7, 11) is 3.24. The van der Waals surface area contributed by atoms with Gasteiger partial charge in [0.15, 0.2) is 11.5 Å². The van der Waals surface area contributed by atoms with Gasteiger partial charge in [-0.05, 0) is 42.9 Å². The number of halogens is 1. The number of rotatable bonds is 7. The molecule has 0 saturated carbocycles. The van der Waals surface area contributed by atoms with E-state index in [0.717, 1.165) is 31.5 Å². The average molecular weight is 400 g/mol. The summed E-state index contributed by atoms with van der Waals surface area (Å²) in [6.45, 7) is 8.62. The van der Waals surface area contributed by atoms with E-state index >= 15 is 0 Å². The van der Waals surface area contributed by atoms with Gasteiger partial charge in [0, 0.05) is 25.7 Å². The molecular formula is C20H34ClN3O3. The molecule has 1 saturated heterocycles. The second-order valence-electron chi connectivity index (χ2n) is 7.76. The molecule has 3 N–H and O–H groups in total. The Bertz CT molecular complexity index is 624. The molecule has 0 aliphatic carbocycles. The average Bonchev–Trinajstić information content (AvgIpc) is 2.62. The number of methoxy groups -OCH3 is 2. The number of hydrogen-bond donors (Lipinski definition) is 2. The van der Waals surface area contributed by atoms with Gasteiger partial charge in [0.2, 0.25) is 5.91 Å². The summed E-state index contributed by atoms with van der Waals surface area (Å²) in [6, 6.07) is 5.87. The van der Waals surface area contributed by atoms with E-state index in [1.54, 1.807) is 14.2 Å². The molecule has 1 aliphatic rings. The Hall–Kier alpha value is -1.50. The quantitative estimate of drug-likeness (QED) is 0.735. The highest BCUT2D eigenvalue weighted by molar-refractivity contribution is 5.85. The topological polar surface area (TPSA) is 76.8 Å². The minimum absolute atomic E-state index is 0. The van der Waals surface area contributed by atoms with Crippen molar-refractivity contribution in [1.29, 1.82) is 0 Å². The Balaban J connectivity index is 0.00000364. The lowest BCUT2D eigenvalue weighted by Crippen LogP contribution is -2.57. The van der Waals surface area contributed by atoms with Gasteiger partial charge in [0.05, 0.1) is 20.3 Å². The number of piperidine rings is 1. The van der Waals surface area contributed by atoms with Crippen LogP contribution in [0, 0.1) is 5.41 Å². The first kappa shape index (κ1) is 23.5. The third kappa shape index (κ3) is 5.99. The van der Waals surface area contributed by atoms with E-state index < -0.39 is 0 Å². The Morgan fingerprint density at radius 3 is 2.59 bits per heavy atom. The van der Waals surface area contributed by atoms with Crippen LogP contribution < -0.4 is 20.5 Å². The van der Waals surface area contributed by atoms with Crippen molar-refractivity contribution in [1.82, 2.24) is 10.2 Å². The summed E-state index contributed by atoms with van der Waals surface area (Å²) < 4.78 is 10.6. The molecule has 7 heteroatoms. The smallest absolute Gasteiger partial charge is 0.237 e. The van der Waals surface area contributed by atoms with Crippen LogP contribution in [0.3, 0.4) is 0 Å². The number of carbonyl (C=O) groups excluding carboxylic acids is 1. The Labute approximate surface area is 169 Å². The first-order valence-corrected chi connectivity index (χ1v) is 9.26. The summed E-state index contributed by atoms with van der Waals surface area (Å²) in [5.41, 5.74) is 7.33. The van der Waals surface area contributed by atoms with Crippen molar-refractivity contribution >= 4 is 18.3 Å². The van der Waals surface area contributed by atoms with E-state index in [-0.39, 0.29) is 35.8 Å². The molecule has 27 heavy (non-hydrogen) atoms. The molecule has 2 atom stereocenters. The second kappa shape index (κ2) is 10.2. The molecule has 0 aromatic heterocycles. The third-order valence-corrected chi connectivity index (χ3v) is 5.43. The minimum atomic E-state index is -0.146. The van der Waals surface area contributed by atoms with Crippen molar-refractivity contribution in [2.75, 3.05) is 33.9 Å². The zero-order valence-electron chi connectivity index (χ0n) is 17.1. The lowest BCUT2D eigenvalue weighted by Gasteiger charge is -2.44. The van der Waals surface area contributed by atoms with E-state index in [0.29, 0.717) is 18.0 Å². The molecule has 2 rings (SSSR count). The van der Waals surface area contributed by atoms with Crippen molar-refractivity contribution < 1.29 is 14.3 Å². The third-order valence-electron chi connectivity index (χ3n) is 5.43. The van der Waals surface area contributed by atoms with E-state index in [9.17, 15) is 4.79 Å². The maximum absolute atomic E-state index is 12.5. The van der Waals surface area contributed by atoms with Gasteiger partial charge in [0.1, 0.15) is 0 Å². The zero-order chi connectivity index (χ0) is 19.3. The van der Waals surface area contributed by atoms with E-state index in [4.69, 9.17) is 15.2 Å². The maximum atomic E-state index is 12.5. The molecule has 1 amide bonds. The van der Waals surface area contributed by atoms with Gasteiger partial charge in [-0.3, -0.25) is 9.69 Å². The lowest BCUT2D eigenvalue weighted by molar-refractivity contribution is -0.127. The SMILES string of the molecule is COc1ccc(CCNC(=O)C(C)N2CCC(N)C(C)(C)C2)cc1OC.Cl. The van der Waals surface area contributed by atoms with Gasteiger partial charge in [0.25, 0.3) is 0 Å². The van der Waals surface area contributed by atoms with Crippen molar-refractivity contribution in [3.8, 4) is 11.5 Å². The molecule has 6 nitrogen and oxygen atoms in total. The van der Waals surface area contributed by atoms with Gasteiger partial charge in [-0.2, -0.15) is 0 Å². The number of nitrogens with two attached hydrogens (primary N) is 1. The van der Waals surface area contributed by atoms with Crippen LogP contribution in [0.25, 0.3) is 0 Å². The van der Waals surface area contributed by atoms with Crippen molar-refractivity contribution in [2.24, 2.45) is 11.1 Å². The molecular weight excluding hydrogens is 366 g/mol. The van der Waals surface area contributed by atoms with Gasteiger partial charge in [-0.15, -0.1) is 12.4 Å². The number of benzene rings is 1.